The van der Waals surface area contributed by atoms with Crippen LogP contribution in [0.3, 0.4) is 0 Å². The SMILES string of the molecule is CCC(C)COc1cccc(F)c1C(=N)N. The molecule has 0 bridgehead atoms. The zero-order valence-electron chi connectivity index (χ0n) is 9.59. The normalized spacial score (nSPS) is 12.2. The van der Waals surface area contributed by atoms with Crippen molar-refractivity contribution in [1.29, 1.82) is 5.41 Å². The van der Waals surface area contributed by atoms with Crippen LogP contribution in [-0.4, -0.2) is 12.4 Å². The Bertz CT molecular complexity index is 379. The largest absolute Gasteiger partial charge is 0.492 e. The average Bonchev–Trinajstić information content (AvgIpc) is 2.25. The van der Waals surface area contributed by atoms with E-state index < -0.39 is 5.82 Å². The molecule has 1 unspecified atom stereocenters. The van der Waals surface area contributed by atoms with Crippen molar-refractivity contribution in [2.45, 2.75) is 20.3 Å². The van der Waals surface area contributed by atoms with E-state index in [1.54, 1.807) is 12.1 Å². The number of ether oxygens (including phenoxy) is 1. The second-order valence-corrected chi connectivity index (χ2v) is 3.85. The van der Waals surface area contributed by atoms with Crippen molar-refractivity contribution in [1.82, 2.24) is 0 Å². The van der Waals surface area contributed by atoms with Crippen LogP contribution < -0.4 is 10.5 Å². The zero-order chi connectivity index (χ0) is 12.1. The summed E-state index contributed by atoms with van der Waals surface area (Å²) in [6.07, 6.45) is 0.991. The van der Waals surface area contributed by atoms with Crippen LogP contribution in [0.1, 0.15) is 25.8 Å². The molecule has 16 heavy (non-hydrogen) atoms. The highest BCUT2D eigenvalue weighted by Gasteiger charge is 2.12. The minimum atomic E-state index is -0.519. The van der Waals surface area contributed by atoms with E-state index in [2.05, 4.69) is 6.92 Å². The molecule has 0 spiro atoms. The third-order valence-electron chi connectivity index (χ3n) is 2.46. The molecule has 4 heteroatoms. The third kappa shape index (κ3) is 2.95. The van der Waals surface area contributed by atoms with Gasteiger partial charge in [0.2, 0.25) is 0 Å². The number of hydrogen-bond acceptors (Lipinski definition) is 2. The van der Waals surface area contributed by atoms with Gasteiger partial charge in [0.1, 0.15) is 17.4 Å². The summed E-state index contributed by atoms with van der Waals surface area (Å²) < 4.78 is 18.9. The van der Waals surface area contributed by atoms with E-state index in [9.17, 15) is 4.39 Å². The van der Waals surface area contributed by atoms with Crippen molar-refractivity contribution in [3.63, 3.8) is 0 Å². The fraction of sp³-hybridized carbons (Fsp3) is 0.417. The minimum Gasteiger partial charge on any atom is -0.492 e. The standard InChI is InChI=1S/C12H17FN2O/c1-3-8(2)7-16-10-6-4-5-9(13)11(10)12(14)15/h4-6,8H,3,7H2,1-2H3,(H3,14,15). The molecule has 3 N–H and O–H groups in total. The molecule has 0 fully saturated rings. The zero-order valence-corrected chi connectivity index (χ0v) is 9.59. The third-order valence-corrected chi connectivity index (χ3v) is 2.46. The van der Waals surface area contributed by atoms with Crippen LogP contribution in [0.5, 0.6) is 5.75 Å². The van der Waals surface area contributed by atoms with Crippen molar-refractivity contribution in [3.8, 4) is 5.75 Å². The van der Waals surface area contributed by atoms with E-state index >= 15 is 0 Å². The molecule has 0 saturated carbocycles. The van der Waals surface area contributed by atoms with Crippen molar-refractivity contribution in [3.05, 3.63) is 29.6 Å². The Morgan fingerprint density at radius 3 is 2.81 bits per heavy atom. The van der Waals surface area contributed by atoms with Gasteiger partial charge in [0.15, 0.2) is 0 Å². The molecule has 0 aliphatic rings. The molecule has 1 aromatic carbocycles. The Morgan fingerprint density at radius 1 is 1.56 bits per heavy atom. The molecule has 88 valence electrons. The molecule has 0 saturated heterocycles. The van der Waals surface area contributed by atoms with Gasteiger partial charge in [-0.1, -0.05) is 26.3 Å². The molecule has 0 heterocycles. The lowest BCUT2D eigenvalue weighted by Crippen LogP contribution is -2.17. The predicted octanol–water partition coefficient (Wildman–Crippen LogP) is 2.53. The highest BCUT2D eigenvalue weighted by Crippen LogP contribution is 2.21. The molecule has 0 aromatic heterocycles. The molecule has 1 rings (SSSR count). The van der Waals surface area contributed by atoms with Crippen LogP contribution in [0.4, 0.5) is 4.39 Å². The summed E-state index contributed by atoms with van der Waals surface area (Å²) in [5.74, 6) is -0.0951. The minimum absolute atomic E-state index is 0.0470. The highest BCUT2D eigenvalue weighted by molar-refractivity contribution is 5.97. The van der Waals surface area contributed by atoms with E-state index in [4.69, 9.17) is 15.9 Å². The second-order valence-electron chi connectivity index (χ2n) is 3.85. The number of benzene rings is 1. The Labute approximate surface area is 94.9 Å². The number of rotatable bonds is 5. The Morgan fingerprint density at radius 2 is 2.25 bits per heavy atom. The summed E-state index contributed by atoms with van der Waals surface area (Å²) >= 11 is 0. The molecule has 0 aliphatic heterocycles. The summed E-state index contributed by atoms with van der Waals surface area (Å²) in [6, 6.07) is 4.45. The van der Waals surface area contributed by atoms with Crippen LogP contribution in [0.15, 0.2) is 18.2 Å². The maximum absolute atomic E-state index is 13.4. The lowest BCUT2D eigenvalue weighted by Gasteiger charge is -2.14. The first kappa shape index (κ1) is 12.5. The van der Waals surface area contributed by atoms with Crippen LogP contribution >= 0.6 is 0 Å². The summed E-state index contributed by atoms with van der Waals surface area (Å²) in [5.41, 5.74) is 5.36. The highest BCUT2D eigenvalue weighted by atomic mass is 19.1. The summed E-state index contributed by atoms with van der Waals surface area (Å²) in [7, 11) is 0. The van der Waals surface area contributed by atoms with E-state index in [1.807, 2.05) is 6.92 Å². The van der Waals surface area contributed by atoms with Gasteiger partial charge >= 0.3 is 0 Å². The number of hydrogen-bond donors (Lipinski definition) is 2. The van der Waals surface area contributed by atoms with Crippen LogP contribution in [0.2, 0.25) is 0 Å². The smallest absolute Gasteiger partial charge is 0.137 e. The molecular weight excluding hydrogens is 207 g/mol. The van der Waals surface area contributed by atoms with Gasteiger partial charge in [-0.05, 0) is 18.1 Å². The maximum atomic E-state index is 13.4. The van der Waals surface area contributed by atoms with Crippen molar-refractivity contribution in [2.24, 2.45) is 11.7 Å². The fourth-order valence-electron chi connectivity index (χ4n) is 1.24. The molecule has 3 nitrogen and oxygen atoms in total. The molecular formula is C12H17FN2O. The second kappa shape index (κ2) is 5.49. The fourth-order valence-corrected chi connectivity index (χ4v) is 1.24. The van der Waals surface area contributed by atoms with Gasteiger partial charge in [-0.15, -0.1) is 0 Å². The summed E-state index contributed by atoms with van der Waals surface area (Å²) in [6.45, 7) is 4.61. The van der Waals surface area contributed by atoms with Crippen molar-refractivity contribution >= 4 is 5.84 Å². The first-order valence-electron chi connectivity index (χ1n) is 5.32. The molecule has 0 radical (unpaired) electrons. The van der Waals surface area contributed by atoms with E-state index in [0.717, 1.165) is 6.42 Å². The summed E-state index contributed by atoms with van der Waals surface area (Å²) in [4.78, 5) is 0. The molecule has 0 aliphatic carbocycles. The van der Waals surface area contributed by atoms with Gasteiger partial charge in [0.05, 0.1) is 12.2 Å². The average molecular weight is 224 g/mol. The van der Waals surface area contributed by atoms with Crippen LogP contribution in [0.25, 0.3) is 0 Å². The van der Waals surface area contributed by atoms with Gasteiger partial charge in [0.25, 0.3) is 0 Å². The number of nitrogen functional groups attached to an aromatic ring is 1. The lowest BCUT2D eigenvalue weighted by atomic mass is 10.1. The van der Waals surface area contributed by atoms with Gasteiger partial charge in [-0.25, -0.2) is 4.39 Å². The molecule has 1 aromatic rings. The number of nitrogens with two attached hydrogens (primary N) is 1. The lowest BCUT2D eigenvalue weighted by molar-refractivity contribution is 0.255. The monoisotopic (exact) mass is 224 g/mol. The first-order chi connectivity index (χ1) is 7.56. The van der Waals surface area contributed by atoms with Gasteiger partial charge in [0, 0.05) is 0 Å². The van der Waals surface area contributed by atoms with Crippen molar-refractivity contribution in [2.75, 3.05) is 6.61 Å². The number of amidine groups is 1. The Kier molecular flexibility index (Phi) is 4.28. The van der Waals surface area contributed by atoms with Crippen molar-refractivity contribution < 1.29 is 9.13 Å². The van der Waals surface area contributed by atoms with Gasteiger partial charge in [-0.3, -0.25) is 5.41 Å². The predicted molar refractivity (Wildman–Crippen MR) is 62.4 cm³/mol. The topological polar surface area (TPSA) is 59.1 Å². The van der Waals surface area contributed by atoms with E-state index in [-0.39, 0.29) is 11.4 Å². The van der Waals surface area contributed by atoms with E-state index in [1.165, 1.54) is 6.07 Å². The summed E-state index contributed by atoms with van der Waals surface area (Å²) in [5, 5.41) is 7.31. The van der Waals surface area contributed by atoms with Gasteiger partial charge in [-0.2, -0.15) is 0 Å². The maximum Gasteiger partial charge on any atom is 0.137 e. The van der Waals surface area contributed by atoms with Gasteiger partial charge < -0.3 is 10.5 Å². The molecule has 1 atom stereocenters. The first-order valence-corrected chi connectivity index (χ1v) is 5.32. The number of halogens is 1. The molecule has 0 amide bonds. The Hall–Kier alpha value is -1.58. The van der Waals surface area contributed by atoms with Crippen LogP contribution in [0, 0.1) is 17.1 Å². The Balaban J connectivity index is 2.87. The quantitative estimate of drug-likeness (QED) is 0.596. The number of nitrogens with one attached hydrogen (secondary N) is 1. The van der Waals surface area contributed by atoms with Crippen LogP contribution in [-0.2, 0) is 0 Å². The van der Waals surface area contributed by atoms with E-state index in [0.29, 0.717) is 18.3 Å².